The predicted octanol–water partition coefficient (Wildman–Crippen LogP) is 3.59. The van der Waals surface area contributed by atoms with E-state index in [1.165, 1.54) is 16.2 Å². The van der Waals surface area contributed by atoms with Gasteiger partial charge in [0.25, 0.3) is 5.91 Å². The molecule has 4 aliphatic rings. The molecule has 2 aliphatic heterocycles. The van der Waals surface area contributed by atoms with Gasteiger partial charge in [0.1, 0.15) is 0 Å². The summed E-state index contributed by atoms with van der Waals surface area (Å²) in [5.41, 5.74) is 1.36. The zero-order chi connectivity index (χ0) is 27.5. The molecule has 6 atom stereocenters. The van der Waals surface area contributed by atoms with Crippen molar-refractivity contribution in [1.82, 2.24) is 14.8 Å². The van der Waals surface area contributed by atoms with Gasteiger partial charge in [0, 0.05) is 48.5 Å². The summed E-state index contributed by atoms with van der Waals surface area (Å²) in [5.74, 6) is 0.875. The van der Waals surface area contributed by atoms with Crippen molar-refractivity contribution in [3.8, 4) is 11.5 Å². The van der Waals surface area contributed by atoms with Crippen LogP contribution in [0.3, 0.4) is 0 Å². The number of benzene rings is 1. The van der Waals surface area contributed by atoms with E-state index >= 15 is 0 Å². The largest absolute Gasteiger partial charge is 0.454 e. The first-order valence-corrected chi connectivity index (χ1v) is 14.8. The third kappa shape index (κ3) is 4.70. The molecule has 1 saturated carbocycles. The van der Waals surface area contributed by atoms with Crippen LogP contribution in [0.1, 0.15) is 60.5 Å². The molecule has 3 heterocycles. The van der Waals surface area contributed by atoms with E-state index in [0.717, 1.165) is 51.1 Å². The van der Waals surface area contributed by atoms with Crippen LogP contribution in [0.5, 0.6) is 11.5 Å². The number of carbonyl (C=O) groups is 2. The van der Waals surface area contributed by atoms with Crippen molar-refractivity contribution in [2.45, 2.75) is 52.1 Å². The van der Waals surface area contributed by atoms with Gasteiger partial charge in [-0.05, 0) is 61.8 Å². The lowest BCUT2D eigenvalue weighted by Crippen LogP contribution is -2.55. The number of ether oxygens (including phenoxy) is 2. The summed E-state index contributed by atoms with van der Waals surface area (Å²) >= 11 is 1.53. The van der Waals surface area contributed by atoms with Gasteiger partial charge in [0.05, 0.1) is 11.8 Å². The Morgan fingerprint density at radius 2 is 1.95 bits per heavy atom. The van der Waals surface area contributed by atoms with Crippen LogP contribution in [0.15, 0.2) is 18.2 Å². The Balaban J connectivity index is 1.18. The van der Waals surface area contributed by atoms with Crippen LogP contribution in [0, 0.1) is 23.2 Å². The van der Waals surface area contributed by atoms with E-state index in [1.54, 1.807) is 18.2 Å². The van der Waals surface area contributed by atoms with Gasteiger partial charge in [0.15, 0.2) is 16.6 Å². The van der Waals surface area contributed by atoms with E-state index in [9.17, 15) is 14.7 Å². The number of likely N-dealkylation sites (N-methyl/N-ethyl adjacent to an activating group) is 1. The fourth-order valence-corrected chi connectivity index (χ4v) is 8.56. The van der Waals surface area contributed by atoms with E-state index in [0.29, 0.717) is 22.2 Å². The van der Waals surface area contributed by atoms with Crippen LogP contribution in [0.2, 0.25) is 0 Å². The van der Waals surface area contributed by atoms with Crippen molar-refractivity contribution in [1.29, 1.82) is 0 Å². The maximum Gasteiger partial charge on any atom is 0.257 e. The minimum atomic E-state index is -0.577. The van der Waals surface area contributed by atoms with Crippen molar-refractivity contribution < 1.29 is 24.2 Å². The summed E-state index contributed by atoms with van der Waals surface area (Å²) in [6.45, 7) is 9.87. The van der Waals surface area contributed by atoms with Gasteiger partial charge in [-0.3, -0.25) is 14.9 Å². The van der Waals surface area contributed by atoms with Crippen LogP contribution < -0.4 is 14.8 Å². The number of nitrogens with zero attached hydrogens (tertiary/aromatic N) is 3. The quantitative estimate of drug-likeness (QED) is 0.595. The first-order valence-electron chi connectivity index (χ1n) is 14.0. The number of piperazine rings is 1. The minimum Gasteiger partial charge on any atom is -0.454 e. The fraction of sp³-hybridized carbons (Fsp3) is 0.621. The smallest absolute Gasteiger partial charge is 0.257 e. The number of rotatable bonds is 4. The number of amides is 2. The summed E-state index contributed by atoms with van der Waals surface area (Å²) in [6.07, 6.45) is 2.04. The molecule has 1 saturated heterocycles. The Morgan fingerprint density at radius 3 is 2.72 bits per heavy atom. The number of aromatic nitrogens is 1. The Hall–Kier alpha value is -2.69. The van der Waals surface area contributed by atoms with Gasteiger partial charge in [0.2, 0.25) is 12.7 Å². The van der Waals surface area contributed by atoms with Gasteiger partial charge < -0.3 is 24.4 Å². The summed E-state index contributed by atoms with van der Waals surface area (Å²) in [6, 6.07) is 5.14. The summed E-state index contributed by atoms with van der Waals surface area (Å²) in [5, 5.41) is 15.3. The third-order valence-electron chi connectivity index (χ3n) is 9.62. The normalized spacial score (nSPS) is 30.8. The standard InChI is InChI=1S/C29H38N4O5S/c1-16(27(36)33-11-9-32(4)10-12-33)19-7-8-29(3)14-22-24(17(2)23(29)25(19)34)30-28(39-22)31-26(35)18-5-6-20-21(13-18)38-15-37-20/h5-6,13,16-17,19,23,25,34H,7-12,14-15H2,1-4H3,(H,30,31,35)/t16-,17-,19-,23+,25-,29+/m0/s1. The number of thiazole rings is 1. The highest BCUT2D eigenvalue weighted by atomic mass is 32.1. The van der Waals surface area contributed by atoms with Gasteiger partial charge in [-0.1, -0.05) is 20.8 Å². The third-order valence-corrected chi connectivity index (χ3v) is 10.6. The topological polar surface area (TPSA) is 104 Å². The molecule has 2 N–H and O–H groups in total. The number of fused-ring (bicyclic) bond motifs is 3. The number of aliphatic hydroxyl groups is 1. The number of carbonyl (C=O) groups excluding carboxylic acids is 2. The molecule has 0 bridgehead atoms. The van der Waals surface area contributed by atoms with Crippen molar-refractivity contribution in [3.63, 3.8) is 0 Å². The number of anilines is 1. The van der Waals surface area contributed by atoms with E-state index in [-0.39, 0.29) is 47.7 Å². The van der Waals surface area contributed by atoms with Gasteiger partial charge in [-0.2, -0.15) is 0 Å². The molecule has 1 aromatic carbocycles. The Labute approximate surface area is 233 Å². The first kappa shape index (κ1) is 26.5. The van der Waals surface area contributed by atoms with Crippen LogP contribution >= 0.6 is 11.3 Å². The molecule has 2 aliphatic carbocycles. The zero-order valence-corrected chi connectivity index (χ0v) is 23.9. The second-order valence-corrected chi connectivity index (χ2v) is 13.2. The van der Waals surface area contributed by atoms with Crippen molar-refractivity contribution in [2.24, 2.45) is 23.2 Å². The van der Waals surface area contributed by atoms with E-state index in [4.69, 9.17) is 14.5 Å². The zero-order valence-electron chi connectivity index (χ0n) is 23.1. The van der Waals surface area contributed by atoms with Crippen LogP contribution in [-0.2, 0) is 11.2 Å². The van der Waals surface area contributed by atoms with Crippen molar-refractivity contribution in [2.75, 3.05) is 45.3 Å². The molecule has 2 aromatic rings. The molecule has 9 nitrogen and oxygen atoms in total. The SMILES string of the molecule is C[C@H](C(=O)N1CCN(C)CC1)[C@@H]1CC[C@]2(C)Cc3sc(NC(=O)c4ccc5c(c4)OCO5)nc3[C@@H](C)[C@@H]2[C@H]1O. The molecule has 0 spiro atoms. The second kappa shape index (κ2) is 10.1. The molecule has 10 heteroatoms. The van der Waals surface area contributed by atoms with E-state index in [2.05, 4.69) is 31.1 Å². The highest BCUT2D eigenvalue weighted by Gasteiger charge is 2.54. The summed E-state index contributed by atoms with van der Waals surface area (Å²) < 4.78 is 10.8. The highest BCUT2D eigenvalue weighted by Crippen LogP contribution is 2.57. The summed E-state index contributed by atoms with van der Waals surface area (Å²) in [4.78, 5) is 36.6. The number of aliphatic hydroxyl groups excluding tert-OH is 1. The monoisotopic (exact) mass is 554 g/mol. The molecule has 39 heavy (non-hydrogen) atoms. The van der Waals surface area contributed by atoms with E-state index in [1.807, 2.05) is 11.8 Å². The molecule has 0 unspecified atom stereocenters. The lowest BCUT2D eigenvalue weighted by molar-refractivity contribution is -0.146. The van der Waals surface area contributed by atoms with Gasteiger partial charge >= 0.3 is 0 Å². The molecule has 0 radical (unpaired) electrons. The molecule has 210 valence electrons. The molecular weight excluding hydrogens is 516 g/mol. The second-order valence-electron chi connectivity index (χ2n) is 12.1. The maximum absolute atomic E-state index is 13.4. The Kier molecular flexibility index (Phi) is 6.84. The van der Waals surface area contributed by atoms with Gasteiger partial charge in [-0.15, -0.1) is 11.3 Å². The number of hydrogen-bond donors (Lipinski definition) is 2. The van der Waals surface area contributed by atoms with Crippen LogP contribution in [-0.4, -0.2) is 77.8 Å². The molecule has 2 fully saturated rings. The molecule has 2 amide bonds. The van der Waals surface area contributed by atoms with Crippen molar-refractivity contribution in [3.05, 3.63) is 34.3 Å². The van der Waals surface area contributed by atoms with Gasteiger partial charge in [-0.25, -0.2) is 4.98 Å². The molecular formula is C29H38N4O5S. The fourth-order valence-electron chi connectivity index (χ4n) is 7.31. The van der Waals surface area contributed by atoms with Crippen LogP contribution in [0.4, 0.5) is 5.13 Å². The average molecular weight is 555 g/mol. The Bertz CT molecular complexity index is 1270. The van der Waals surface area contributed by atoms with Crippen LogP contribution in [0.25, 0.3) is 0 Å². The molecule has 6 rings (SSSR count). The van der Waals surface area contributed by atoms with E-state index < -0.39 is 6.10 Å². The lowest BCUT2D eigenvalue weighted by Gasteiger charge is -2.53. The minimum absolute atomic E-state index is 0.00556. The number of nitrogens with one attached hydrogen (secondary N) is 1. The Morgan fingerprint density at radius 1 is 1.21 bits per heavy atom. The summed E-state index contributed by atoms with van der Waals surface area (Å²) in [7, 11) is 2.09. The predicted molar refractivity (Wildman–Crippen MR) is 148 cm³/mol. The maximum atomic E-state index is 13.4. The molecule has 1 aromatic heterocycles. The first-order chi connectivity index (χ1) is 18.6. The number of hydrogen-bond acceptors (Lipinski definition) is 8. The highest BCUT2D eigenvalue weighted by molar-refractivity contribution is 7.15. The van der Waals surface area contributed by atoms with Crippen molar-refractivity contribution >= 4 is 28.3 Å². The lowest BCUT2D eigenvalue weighted by atomic mass is 9.53. The average Bonchev–Trinajstić information content (AvgIpc) is 3.54.